The van der Waals surface area contributed by atoms with Gasteiger partial charge in [0.1, 0.15) is 5.15 Å². The molecule has 1 heterocycles. The van der Waals surface area contributed by atoms with Gasteiger partial charge in [0.2, 0.25) is 0 Å². The van der Waals surface area contributed by atoms with Crippen LogP contribution in [0.2, 0.25) is 5.15 Å². The fraction of sp³-hybridized carbons (Fsp3) is 0.0769. The van der Waals surface area contributed by atoms with Crippen molar-refractivity contribution in [1.82, 2.24) is 10.3 Å². The molecule has 1 aromatic heterocycles. The number of hydrogen-bond acceptors (Lipinski definition) is 2. The summed E-state index contributed by atoms with van der Waals surface area (Å²) >= 11 is 9.02. The van der Waals surface area contributed by atoms with Crippen LogP contribution in [0.5, 0.6) is 0 Å². The van der Waals surface area contributed by atoms with Gasteiger partial charge in [-0.2, -0.15) is 0 Å². The molecule has 0 aliphatic heterocycles. The molecule has 92 valence electrons. The van der Waals surface area contributed by atoms with Crippen LogP contribution >= 0.6 is 27.5 Å². The second-order valence-corrected chi connectivity index (χ2v) is 4.98. The number of carbonyl (C=O) groups excluding carboxylic acids is 1. The number of hydrogen-bond donors (Lipinski definition) is 1. The van der Waals surface area contributed by atoms with E-state index in [0.717, 1.165) is 10.0 Å². The van der Waals surface area contributed by atoms with Crippen LogP contribution in [-0.2, 0) is 6.54 Å². The first-order valence-electron chi connectivity index (χ1n) is 5.29. The molecule has 0 spiro atoms. The summed E-state index contributed by atoms with van der Waals surface area (Å²) in [5.74, 6) is -0.165. The van der Waals surface area contributed by atoms with E-state index in [1.807, 2.05) is 24.3 Å². The highest BCUT2D eigenvalue weighted by Crippen LogP contribution is 2.10. The highest BCUT2D eigenvalue weighted by atomic mass is 79.9. The molecule has 1 aromatic carbocycles. The Bertz CT molecular complexity index is 540. The third-order valence-corrected chi connectivity index (χ3v) is 3.11. The number of halogens is 2. The third-order valence-electron chi connectivity index (χ3n) is 2.36. The molecule has 0 saturated carbocycles. The number of rotatable bonds is 3. The van der Waals surface area contributed by atoms with Crippen LogP contribution < -0.4 is 5.32 Å². The van der Waals surface area contributed by atoms with E-state index in [4.69, 9.17) is 11.6 Å². The molecule has 2 rings (SSSR count). The molecule has 0 fully saturated rings. The molecular weight excluding hydrogens is 316 g/mol. The number of nitrogens with one attached hydrogen (secondary N) is 1. The van der Waals surface area contributed by atoms with Crippen molar-refractivity contribution in [3.8, 4) is 0 Å². The molecule has 18 heavy (non-hydrogen) atoms. The van der Waals surface area contributed by atoms with Gasteiger partial charge in [-0.1, -0.05) is 39.7 Å². The summed E-state index contributed by atoms with van der Waals surface area (Å²) in [7, 11) is 0. The van der Waals surface area contributed by atoms with Crippen molar-refractivity contribution in [3.63, 3.8) is 0 Å². The van der Waals surface area contributed by atoms with Crippen LogP contribution in [0.1, 0.15) is 15.9 Å². The first kappa shape index (κ1) is 13.1. The van der Waals surface area contributed by atoms with Crippen LogP contribution in [0, 0.1) is 0 Å². The van der Waals surface area contributed by atoms with Gasteiger partial charge in [0.05, 0.1) is 5.56 Å². The lowest BCUT2D eigenvalue weighted by Crippen LogP contribution is -2.22. The van der Waals surface area contributed by atoms with Crippen molar-refractivity contribution in [3.05, 3.63) is 63.3 Å². The minimum absolute atomic E-state index is 0.165. The molecule has 0 atom stereocenters. The fourth-order valence-electron chi connectivity index (χ4n) is 1.40. The maximum Gasteiger partial charge on any atom is 0.253 e. The summed E-state index contributed by atoms with van der Waals surface area (Å²) in [5.41, 5.74) is 1.53. The van der Waals surface area contributed by atoms with Gasteiger partial charge >= 0.3 is 0 Å². The Hall–Kier alpha value is -1.39. The second-order valence-electron chi connectivity index (χ2n) is 3.68. The summed E-state index contributed by atoms with van der Waals surface area (Å²) in [4.78, 5) is 15.7. The van der Waals surface area contributed by atoms with Crippen LogP contribution in [0.25, 0.3) is 0 Å². The number of benzene rings is 1. The number of carbonyl (C=O) groups is 1. The molecule has 0 radical (unpaired) electrons. The van der Waals surface area contributed by atoms with Gasteiger partial charge in [0.25, 0.3) is 5.91 Å². The van der Waals surface area contributed by atoms with Gasteiger partial charge in [0, 0.05) is 17.2 Å². The Morgan fingerprint density at radius 1 is 1.22 bits per heavy atom. The van der Waals surface area contributed by atoms with E-state index in [-0.39, 0.29) is 5.91 Å². The van der Waals surface area contributed by atoms with E-state index in [9.17, 15) is 4.79 Å². The first-order chi connectivity index (χ1) is 8.65. The minimum Gasteiger partial charge on any atom is -0.348 e. The Morgan fingerprint density at radius 2 is 1.94 bits per heavy atom. The summed E-state index contributed by atoms with van der Waals surface area (Å²) in [5, 5.41) is 3.19. The van der Waals surface area contributed by atoms with E-state index < -0.39 is 0 Å². The molecule has 1 N–H and O–H groups in total. The number of aromatic nitrogens is 1. The molecule has 0 aliphatic carbocycles. The van der Waals surface area contributed by atoms with Crippen molar-refractivity contribution in [2.45, 2.75) is 6.54 Å². The largest absolute Gasteiger partial charge is 0.348 e. The lowest BCUT2D eigenvalue weighted by atomic mass is 10.2. The zero-order chi connectivity index (χ0) is 13.0. The predicted molar refractivity (Wildman–Crippen MR) is 74.6 cm³/mol. The molecule has 0 aliphatic rings. The number of pyridine rings is 1. The van der Waals surface area contributed by atoms with E-state index in [1.54, 1.807) is 12.1 Å². The highest BCUT2D eigenvalue weighted by Gasteiger charge is 2.05. The quantitative estimate of drug-likeness (QED) is 0.879. The Labute approximate surface area is 118 Å². The number of nitrogens with zero attached hydrogens (tertiary/aromatic N) is 1. The standard InChI is InChI=1S/C13H10BrClN2O/c14-11-4-1-9(2-5-11)7-17-13(18)10-3-6-12(15)16-8-10/h1-6,8H,7H2,(H,17,18). The molecule has 1 amide bonds. The molecule has 5 heteroatoms. The van der Waals surface area contributed by atoms with Gasteiger partial charge in [-0.25, -0.2) is 4.98 Å². The van der Waals surface area contributed by atoms with Crippen LogP contribution in [0.3, 0.4) is 0 Å². The van der Waals surface area contributed by atoms with Crippen LogP contribution in [0.15, 0.2) is 47.1 Å². The molecule has 2 aromatic rings. The molecular formula is C13H10BrClN2O. The molecule has 0 saturated heterocycles. The van der Waals surface area contributed by atoms with Crippen LogP contribution in [0.4, 0.5) is 0 Å². The predicted octanol–water partition coefficient (Wildman–Crippen LogP) is 3.43. The topological polar surface area (TPSA) is 42.0 Å². The smallest absolute Gasteiger partial charge is 0.253 e. The van der Waals surface area contributed by atoms with Crippen molar-refractivity contribution >= 4 is 33.4 Å². The van der Waals surface area contributed by atoms with E-state index in [2.05, 4.69) is 26.2 Å². The van der Waals surface area contributed by atoms with Gasteiger partial charge < -0.3 is 5.32 Å². The maximum atomic E-state index is 11.8. The minimum atomic E-state index is -0.165. The van der Waals surface area contributed by atoms with E-state index in [0.29, 0.717) is 17.3 Å². The van der Waals surface area contributed by atoms with E-state index in [1.165, 1.54) is 6.20 Å². The molecule has 3 nitrogen and oxygen atoms in total. The lowest BCUT2D eigenvalue weighted by molar-refractivity contribution is 0.0950. The van der Waals surface area contributed by atoms with Crippen molar-refractivity contribution in [2.24, 2.45) is 0 Å². The van der Waals surface area contributed by atoms with Gasteiger partial charge in [-0.15, -0.1) is 0 Å². The van der Waals surface area contributed by atoms with Crippen molar-refractivity contribution in [1.29, 1.82) is 0 Å². The van der Waals surface area contributed by atoms with Gasteiger partial charge in [-0.3, -0.25) is 4.79 Å². The molecule has 0 bridgehead atoms. The summed E-state index contributed by atoms with van der Waals surface area (Å²) in [6, 6.07) is 11.0. The summed E-state index contributed by atoms with van der Waals surface area (Å²) in [6.07, 6.45) is 1.46. The Morgan fingerprint density at radius 3 is 2.56 bits per heavy atom. The zero-order valence-electron chi connectivity index (χ0n) is 9.36. The van der Waals surface area contributed by atoms with Crippen LogP contribution in [-0.4, -0.2) is 10.9 Å². The number of amides is 1. The van der Waals surface area contributed by atoms with Crippen molar-refractivity contribution in [2.75, 3.05) is 0 Å². The Kier molecular flexibility index (Phi) is 4.33. The molecule has 0 unspecified atom stereocenters. The average molecular weight is 326 g/mol. The first-order valence-corrected chi connectivity index (χ1v) is 6.46. The average Bonchev–Trinajstić information content (AvgIpc) is 2.38. The Balaban J connectivity index is 1.96. The van der Waals surface area contributed by atoms with Gasteiger partial charge in [-0.05, 0) is 29.8 Å². The summed E-state index contributed by atoms with van der Waals surface area (Å²) in [6.45, 7) is 0.481. The zero-order valence-corrected chi connectivity index (χ0v) is 11.7. The van der Waals surface area contributed by atoms with Gasteiger partial charge in [0.15, 0.2) is 0 Å². The maximum absolute atomic E-state index is 11.8. The SMILES string of the molecule is O=C(NCc1ccc(Br)cc1)c1ccc(Cl)nc1. The monoisotopic (exact) mass is 324 g/mol. The lowest BCUT2D eigenvalue weighted by Gasteiger charge is -2.05. The fourth-order valence-corrected chi connectivity index (χ4v) is 1.77. The highest BCUT2D eigenvalue weighted by molar-refractivity contribution is 9.10. The van der Waals surface area contributed by atoms with Crippen molar-refractivity contribution < 1.29 is 4.79 Å². The summed E-state index contributed by atoms with van der Waals surface area (Å²) < 4.78 is 1.01. The third kappa shape index (κ3) is 3.55. The normalized spacial score (nSPS) is 10.1. The van der Waals surface area contributed by atoms with E-state index >= 15 is 0 Å². The second kappa shape index (κ2) is 5.98.